The van der Waals surface area contributed by atoms with E-state index in [4.69, 9.17) is 4.74 Å². The molecule has 0 amide bonds. The Morgan fingerprint density at radius 2 is 1.46 bits per heavy atom. The van der Waals surface area contributed by atoms with E-state index in [1.165, 1.54) is 0 Å². The largest absolute Gasteiger partial charge is 0.493 e. The molecule has 0 aliphatic heterocycles. The lowest BCUT2D eigenvalue weighted by atomic mass is 10.1. The molecule has 0 fully saturated rings. The summed E-state index contributed by atoms with van der Waals surface area (Å²) < 4.78 is 5.98. The maximum absolute atomic E-state index is 5.98. The van der Waals surface area contributed by atoms with Crippen LogP contribution in [0.3, 0.4) is 0 Å². The van der Waals surface area contributed by atoms with E-state index in [9.17, 15) is 0 Å². The average Bonchev–Trinajstić information content (AvgIpc) is 3.03. The lowest BCUT2D eigenvalue weighted by Crippen LogP contribution is -2.06. The summed E-state index contributed by atoms with van der Waals surface area (Å²) in [6.07, 6.45) is 0. The van der Waals surface area contributed by atoms with Gasteiger partial charge in [0.15, 0.2) is 0 Å². The fourth-order valence-corrected chi connectivity index (χ4v) is 2.78. The molecule has 4 rings (SSSR count). The van der Waals surface area contributed by atoms with Crippen molar-refractivity contribution in [2.45, 2.75) is 13.8 Å². The lowest BCUT2D eigenvalue weighted by Gasteiger charge is -2.13. The molecule has 0 aliphatic carbocycles. The summed E-state index contributed by atoms with van der Waals surface area (Å²) >= 11 is 0. The number of benzene rings is 3. The van der Waals surface area contributed by atoms with E-state index >= 15 is 0 Å². The first-order valence-corrected chi connectivity index (χ1v) is 8.19. The van der Waals surface area contributed by atoms with E-state index in [1.54, 1.807) is 4.80 Å². The minimum absolute atomic E-state index is 0.488. The van der Waals surface area contributed by atoms with Crippen molar-refractivity contribution in [3.8, 4) is 11.4 Å². The highest BCUT2D eigenvalue weighted by Crippen LogP contribution is 2.30. The molecule has 120 valence electrons. The molecule has 0 unspecified atom stereocenters. The molecule has 4 heteroatoms. The standard InChI is InChI=1S/C20H19N3O/c1-14(2)13-24-20-12-11-19(15-7-3-4-8-16(15)20)23-21-17-9-5-6-10-18(17)22-23/h3-12,14H,13H2,1-2H3. The number of hydrogen-bond donors (Lipinski definition) is 0. The molecule has 0 N–H and O–H groups in total. The van der Waals surface area contributed by atoms with E-state index in [1.807, 2.05) is 48.5 Å². The van der Waals surface area contributed by atoms with Crippen molar-refractivity contribution in [1.82, 2.24) is 15.0 Å². The van der Waals surface area contributed by atoms with Crippen LogP contribution in [0.25, 0.3) is 27.5 Å². The van der Waals surface area contributed by atoms with Gasteiger partial charge in [-0.1, -0.05) is 50.2 Å². The van der Waals surface area contributed by atoms with Crippen LogP contribution in [0.5, 0.6) is 5.75 Å². The second kappa shape index (κ2) is 5.96. The molecule has 0 saturated carbocycles. The van der Waals surface area contributed by atoms with Crippen LogP contribution in [0.2, 0.25) is 0 Å². The van der Waals surface area contributed by atoms with Gasteiger partial charge >= 0.3 is 0 Å². The fraction of sp³-hybridized carbons (Fsp3) is 0.200. The Balaban J connectivity index is 1.85. The zero-order chi connectivity index (χ0) is 16.5. The molecule has 0 bridgehead atoms. The van der Waals surface area contributed by atoms with Crippen LogP contribution in [0.15, 0.2) is 60.7 Å². The van der Waals surface area contributed by atoms with Crippen LogP contribution in [0.1, 0.15) is 13.8 Å². The maximum atomic E-state index is 5.98. The van der Waals surface area contributed by atoms with E-state index in [-0.39, 0.29) is 0 Å². The van der Waals surface area contributed by atoms with Gasteiger partial charge in [-0.3, -0.25) is 0 Å². The summed E-state index contributed by atoms with van der Waals surface area (Å²) in [5.41, 5.74) is 2.74. The van der Waals surface area contributed by atoms with Gasteiger partial charge in [0.25, 0.3) is 0 Å². The Morgan fingerprint density at radius 1 is 0.833 bits per heavy atom. The Kier molecular flexibility index (Phi) is 3.65. The molecular weight excluding hydrogens is 298 g/mol. The van der Waals surface area contributed by atoms with Gasteiger partial charge in [-0.15, -0.1) is 15.0 Å². The molecule has 0 spiro atoms. The second-order valence-electron chi connectivity index (χ2n) is 6.31. The minimum atomic E-state index is 0.488. The first-order chi connectivity index (χ1) is 11.7. The molecule has 4 nitrogen and oxygen atoms in total. The Labute approximate surface area is 140 Å². The number of fused-ring (bicyclic) bond motifs is 2. The molecule has 3 aromatic carbocycles. The van der Waals surface area contributed by atoms with Crippen molar-refractivity contribution in [2.75, 3.05) is 6.61 Å². The number of aromatic nitrogens is 3. The molecule has 0 atom stereocenters. The average molecular weight is 317 g/mol. The number of hydrogen-bond acceptors (Lipinski definition) is 3. The summed E-state index contributed by atoms with van der Waals surface area (Å²) in [5, 5.41) is 11.4. The van der Waals surface area contributed by atoms with Crippen molar-refractivity contribution in [1.29, 1.82) is 0 Å². The van der Waals surface area contributed by atoms with Crippen molar-refractivity contribution in [3.63, 3.8) is 0 Å². The van der Waals surface area contributed by atoms with Gasteiger partial charge < -0.3 is 4.74 Å². The summed E-state index contributed by atoms with van der Waals surface area (Å²) in [6, 6.07) is 20.2. The predicted molar refractivity (Wildman–Crippen MR) is 96.7 cm³/mol. The van der Waals surface area contributed by atoms with Crippen LogP contribution < -0.4 is 4.74 Å². The van der Waals surface area contributed by atoms with Crippen LogP contribution >= 0.6 is 0 Å². The van der Waals surface area contributed by atoms with Crippen LogP contribution in [-0.2, 0) is 0 Å². The molecule has 1 heterocycles. The third-order valence-corrected chi connectivity index (χ3v) is 3.94. The maximum Gasteiger partial charge on any atom is 0.127 e. The number of rotatable bonds is 4. The quantitative estimate of drug-likeness (QED) is 0.552. The number of ether oxygens (including phenoxy) is 1. The SMILES string of the molecule is CC(C)COc1ccc(-n2nc3ccccc3n2)c2ccccc12. The highest BCUT2D eigenvalue weighted by molar-refractivity contribution is 5.94. The van der Waals surface area contributed by atoms with E-state index in [0.29, 0.717) is 12.5 Å². The zero-order valence-electron chi connectivity index (χ0n) is 13.8. The van der Waals surface area contributed by atoms with Crippen LogP contribution in [0.4, 0.5) is 0 Å². The van der Waals surface area contributed by atoms with Crippen molar-refractivity contribution in [2.24, 2.45) is 5.92 Å². The third-order valence-electron chi connectivity index (χ3n) is 3.94. The first-order valence-electron chi connectivity index (χ1n) is 8.19. The zero-order valence-corrected chi connectivity index (χ0v) is 13.8. The molecule has 24 heavy (non-hydrogen) atoms. The van der Waals surface area contributed by atoms with Crippen molar-refractivity contribution in [3.05, 3.63) is 60.7 Å². The molecule has 0 aliphatic rings. The van der Waals surface area contributed by atoms with Crippen molar-refractivity contribution >= 4 is 21.8 Å². The van der Waals surface area contributed by atoms with Gasteiger partial charge in [0, 0.05) is 10.8 Å². The summed E-state index contributed by atoms with van der Waals surface area (Å²) in [6.45, 7) is 5.00. The smallest absolute Gasteiger partial charge is 0.127 e. The first kappa shape index (κ1) is 14.7. The van der Waals surface area contributed by atoms with Gasteiger partial charge in [-0.2, -0.15) is 0 Å². The summed E-state index contributed by atoms with van der Waals surface area (Å²) in [7, 11) is 0. The molecular formula is C20H19N3O. The predicted octanol–water partition coefficient (Wildman–Crippen LogP) is 4.61. The fourth-order valence-electron chi connectivity index (χ4n) is 2.78. The Bertz CT molecular complexity index is 971. The molecule has 4 aromatic rings. The monoisotopic (exact) mass is 317 g/mol. The Morgan fingerprint density at radius 3 is 2.12 bits per heavy atom. The molecule has 0 saturated heterocycles. The van der Waals surface area contributed by atoms with E-state index in [2.05, 4.69) is 36.2 Å². The highest BCUT2D eigenvalue weighted by Gasteiger charge is 2.11. The lowest BCUT2D eigenvalue weighted by molar-refractivity contribution is 0.274. The third kappa shape index (κ3) is 2.60. The van der Waals surface area contributed by atoms with Gasteiger partial charge in [-0.05, 0) is 30.2 Å². The molecule has 1 aromatic heterocycles. The van der Waals surface area contributed by atoms with Gasteiger partial charge in [0.1, 0.15) is 16.8 Å². The van der Waals surface area contributed by atoms with Gasteiger partial charge in [-0.25, -0.2) is 0 Å². The van der Waals surface area contributed by atoms with Crippen LogP contribution in [0, 0.1) is 5.92 Å². The Hall–Kier alpha value is -2.88. The summed E-state index contributed by atoms with van der Waals surface area (Å²) in [5.74, 6) is 1.39. The second-order valence-corrected chi connectivity index (χ2v) is 6.31. The minimum Gasteiger partial charge on any atom is -0.493 e. The van der Waals surface area contributed by atoms with Crippen molar-refractivity contribution < 1.29 is 4.74 Å². The summed E-state index contributed by atoms with van der Waals surface area (Å²) in [4.78, 5) is 1.71. The van der Waals surface area contributed by atoms with E-state index < -0.39 is 0 Å². The highest BCUT2D eigenvalue weighted by atomic mass is 16.5. The number of nitrogens with zero attached hydrogens (tertiary/aromatic N) is 3. The van der Waals surface area contributed by atoms with Gasteiger partial charge in [0.05, 0.1) is 12.3 Å². The van der Waals surface area contributed by atoms with E-state index in [0.717, 1.165) is 33.2 Å². The van der Waals surface area contributed by atoms with Crippen LogP contribution in [-0.4, -0.2) is 21.6 Å². The normalized spacial score (nSPS) is 11.5. The molecule has 0 radical (unpaired) electrons. The van der Waals surface area contributed by atoms with Gasteiger partial charge in [0.2, 0.25) is 0 Å². The topological polar surface area (TPSA) is 39.9 Å².